The molecule has 4 rings (SSSR count). The molecule has 0 bridgehead atoms. The van der Waals surface area contributed by atoms with Crippen molar-refractivity contribution in [1.29, 1.82) is 0 Å². The molecule has 3 aromatic rings. The maximum atomic E-state index is 13.2. The second kappa shape index (κ2) is 10.1. The molecule has 1 amide bonds. The van der Waals surface area contributed by atoms with E-state index in [0.29, 0.717) is 6.54 Å². The monoisotopic (exact) mass is 459 g/mol. The number of anilines is 1. The Kier molecular flexibility index (Phi) is 7.22. The van der Waals surface area contributed by atoms with Gasteiger partial charge in [-0.05, 0) is 55.3 Å². The van der Waals surface area contributed by atoms with Gasteiger partial charge < -0.3 is 4.74 Å². The van der Waals surface area contributed by atoms with E-state index in [9.17, 15) is 9.18 Å². The van der Waals surface area contributed by atoms with Crippen molar-refractivity contribution in [2.45, 2.75) is 18.7 Å². The molecule has 0 atom stereocenters. The van der Waals surface area contributed by atoms with Gasteiger partial charge in [0.2, 0.25) is 5.91 Å². The summed E-state index contributed by atoms with van der Waals surface area (Å²) < 4.78 is 19.7. The number of thioether (sulfide) groups is 1. The fourth-order valence-electron chi connectivity index (χ4n) is 3.48. The topological polar surface area (TPSA) is 45.7 Å². The zero-order valence-electron chi connectivity index (χ0n) is 17.8. The summed E-state index contributed by atoms with van der Waals surface area (Å²) in [4.78, 5) is 23.1. The number of hydrogen-bond donors (Lipinski definition) is 0. The van der Waals surface area contributed by atoms with Gasteiger partial charge in [-0.15, -0.1) is 11.8 Å². The van der Waals surface area contributed by atoms with Gasteiger partial charge >= 0.3 is 0 Å². The average molecular weight is 460 g/mol. The zero-order valence-corrected chi connectivity index (χ0v) is 19.4. The number of fused-ring (bicyclic) bond motifs is 1. The molecule has 8 heteroatoms. The van der Waals surface area contributed by atoms with E-state index in [-0.39, 0.29) is 17.5 Å². The van der Waals surface area contributed by atoms with Crippen molar-refractivity contribution in [2.24, 2.45) is 0 Å². The van der Waals surface area contributed by atoms with Crippen LogP contribution in [0.2, 0.25) is 0 Å². The van der Waals surface area contributed by atoms with E-state index >= 15 is 0 Å². The van der Waals surface area contributed by atoms with E-state index in [2.05, 4.69) is 30.9 Å². The summed E-state index contributed by atoms with van der Waals surface area (Å²) in [5.74, 6) is 0.0156. The molecule has 0 radical (unpaired) electrons. The largest absolute Gasteiger partial charge is 0.379 e. The number of nitrogens with zero attached hydrogens (tertiary/aromatic N) is 3. The number of thiazole rings is 1. The first kappa shape index (κ1) is 22.2. The molecule has 0 aliphatic carbocycles. The first-order chi connectivity index (χ1) is 15.0. The lowest BCUT2D eigenvalue weighted by Crippen LogP contribution is -2.43. The number of hydrogen-bond acceptors (Lipinski definition) is 6. The lowest BCUT2D eigenvalue weighted by atomic mass is 10.1. The average Bonchev–Trinajstić information content (AvgIpc) is 3.21. The molecule has 2 aromatic carbocycles. The lowest BCUT2D eigenvalue weighted by molar-refractivity contribution is -0.116. The fourth-order valence-corrected chi connectivity index (χ4v) is 5.32. The summed E-state index contributed by atoms with van der Waals surface area (Å²) in [7, 11) is 0. The molecule has 5 nitrogen and oxygen atoms in total. The number of morpholine rings is 1. The standard InChI is InChI=1S/C23H26FN3O2S2/c1-16-3-8-20-22(17(16)2)25-23(31-20)27(10-9-26-11-13-29-14-12-26)21(28)15-30-19-6-4-18(24)5-7-19/h3-8H,9-15H2,1-2H3. The number of amides is 1. The number of carbonyl (C=O) groups excluding carboxylic acids is 1. The van der Waals surface area contributed by atoms with Crippen LogP contribution in [0, 0.1) is 19.7 Å². The highest BCUT2D eigenvalue weighted by Crippen LogP contribution is 2.32. The van der Waals surface area contributed by atoms with Crippen molar-refractivity contribution >= 4 is 44.4 Å². The maximum Gasteiger partial charge on any atom is 0.239 e. The third-order valence-corrected chi connectivity index (χ3v) is 7.57. The predicted molar refractivity (Wildman–Crippen MR) is 126 cm³/mol. The Bertz CT molecular complexity index is 1050. The van der Waals surface area contributed by atoms with Crippen LogP contribution in [-0.2, 0) is 9.53 Å². The third kappa shape index (κ3) is 5.44. The molecule has 0 N–H and O–H groups in total. The number of halogens is 1. The summed E-state index contributed by atoms with van der Waals surface area (Å²) in [6.45, 7) is 8.74. The van der Waals surface area contributed by atoms with Gasteiger partial charge in [0, 0.05) is 31.1 Å². The predicted octanol–water partition coefficient (Wildman–Crippen LogP) is 4.51. The zero-order chi connectivity index (χ0) is 21.8. The normalized spacial score (nSPS) is 14.8. The van der Waals surface area contributed by atoms with Crippen LogP contribution in [0.3, 0.4) is 0 Å². The maximum absolute atomic E-state index is 13.2. The van der Waals surface area contributed by atoms with Crippen LogP contribution in [-0.4, -0.2) is 60.9 Å². The Hall–Kier alpha value is -2.00. The number of carbonyl (C=O) groups is 1. The van der Waals surface area contributed by atoms with E-state index in [1.807, 2.05) is 4.90 Å². The molecule has 2 heterocycles. The number of ether oxygens (including phenoxy) is 1. The molecule has 0 unspecified atom stereocenters. The number of aromatic nitrogens is 1. The van der Waals surface area contributed by atoms with Crippen molar-refractivity contribution in [3.8, 4) is 0 Å². The van der Waals surface area contributed by atoms with E-state index in [0.717, 1.165) is 58.7 Å². The molecule has 1 aliphatic heterocycles. The molecule has 0 saturated carbocycles. The van der Waals surface area contributed by atoms with Gasteiger partial charge in [-0.2, -0.15) is 0 Å². The molecule has 1 aliphatic rings. The first-order valence-electron chi connectivity index (χ1n) is 10.4. The smallest absolute Gasteiger partial charge is 0.239 e. The van der Waals surface area contributed by atoms with E-state index in [1.54, 1.807) is 23.5 Å². The Balaban J connectivity index is 1.53. The summed E-state index contributed by atoms with van der Waals surface area (Å²) >= 11 is 2.98. The second-order valence-electron chi connectivity index (χ2n) is 7.59. The van der Waals surface area contributed by atoms with Crippen LogP contribution in [0.1, 0.15) is 11.1 Å². The van der Waals surface area contributed by atoms with Gasteiger partial charge in [-0.3, -0.25) is 14.6 Å². The van der Waals surface area contributed by atoms with Crippen LogP contribution in [0.25, 0.3) is 10.2 Å². The van der Waals surface area contributed by atoms with Crippen molar-refractivity contribution in [3.05, 3.63) is 53.3 Å². The lowest BCUT2D eigenvalue weighted by Gasteiger charge is -2.29. The van der Waals surface area contributed by atoms with E-state index in [4.69, 9.17) is 9.72 Å². The van der Waals surface area contributed by atoms with Gasteiger partial charge in [0.25, 0.3) is 0 Å². The minimum atomic E-state index is -0.275. The number of benzene rings is 2. The van der Waals surface area contributed by atoms with Crippen LogP contribution in [0.15, 0.2) is 41.3 Å². The molecule has 31 heavy (non-hydrogen) atoms. The molecule has 1 saturated heterocycles. The first-order valence-corrected chi connectivity index (χ1v) is 12.2. The van der Waals surface area contributed by atoms with Crippen LogP contribution in [0.4, 0.5) is 9.52 Å². The van der Waals surface area contributed by atoms with Gasteiger partial charge in [0.05, 0.1) is 29.2 Å². The molecular weight excluding hydrogens is 433 g/mol. The molecule has 164 valence electrons. The Labute approximate surface area is 190 Å². The highest BCUT2D eigenvalue weighted by Gasteiger charge is 2.22. The molecule has 0 spiro atoms. The summed E-state index contributed by atoms with van der Waals surface area (Å²) in [6.07, 6.45) is 0. The minimum Gasteiger partial charge on any atom is -0.379 e. The molecular formula is C23H26FN3O2S2. The van der Waals surface area contributed by atoms with Crippen molar-refractivity contribution in [3.63, 3.8) is 0 Å². The quantitative estimate of drug-likeness (QED) is 0.487. The fraction of sp³-hybridized carbons (Fsp3) is 0.391. The van der Waals surface area contributed by atoms with Crippen LogP contribution >= 0.6 is 23.1 Å². The SMILES string of the molecule is Cc1ccc2sc(N(CCN3CCOCC3)C(=O)CSc3ccc(F)cc3)nc2c1C. The summed E-state index contributed by atoms with van der Waals surface area (Å²) in [6, 6.07) is 10.4. The Morgan fingerprint density at radius 2 is 1.94 bits per heavy atom. The van der Waals surface area contributed by atoms with E-state index in [1.165, 1.54) is 29.5 Å². The van der Waals surface area contributed by atoms with E-state index < -0.39 is 0 Å². The molecule has 1 fully saturated rings. The highest BCUT2D eigenvalue weighted by atomic mass is 32.2. The van der Waals surface area contributed by atoms with Crippen molar-refractivity contribution in [2.75, 3.05) is 50.0 Å². The second-order valence-corrected chi connectivity index (χ2v) is 9.65. The minimum absolute atomic E-state index is 0.0102. The third-order valence-electron chi connectivity index (χ3n) is 5.52. The van der Waals surface area contributed by atoms with Crippen LogP contribution in [0.5, 0.6) is 0 Å². The number of rotatable bonds is 7. The van der Waals surface area contributed by atoms with Crippen molar-refractivity contribution < 1.29 is 13.9 Å². The summed E-state index contributed by atoms with van der Waals surface area (Å²) in [5, 5.41) is 0.738. The van der Waals surface area contributed by atoms with Gasteiger partial charge in [0.1, 0.15) is 5.82 Å². The molecule has 1 aromatic heterocycles. The van der Waals surface area contributed by atoms with Gasteiger partial charge in [-0.1, -0.05) is 17.4 Å². The highest BCUT2D eigenvalue weighted by molar-refractivity contribution is 8.00. The van der Waals surface area contributed by atoms with Crippen molar-refractivity contribution in [1.82, 2.24) is 9.88 Å². The Morgan fingerprint density at radius 3 is 2.68 bits per heavy atom. The Morgan fingerprint density at radius 1 is 1.19 bits per heavy atom. The van der Waals surface area contributed by atoms with Gasteiger partial charge in [-0.25, -0.2) is 9.37 Å². The van der Waals surface area contributed by atoms with Crippen LogP contribution < -0.4 is 4.90 Å². The van der Waals surface area contributed by atoms with Gasteiger partial charge in [0.15, 0.2) is 5.13 Å². The number of aryl methyl sites for hydroxylation is 2. The summed E-state index contributed by atoms with van der Waals surface area (Å²) in [5.41, 5.74) is 3.32.